The number of aryl methyl sites for hydroxylation is 1. The van der Waals surface area contributed by atoms with Gasteiger partial charge in [-0.3, -0.25) is 9.69 Å². The van der Waals surface area contributed by atoms with E-state index in [1.165, 1.54) is 7.05 Å². The molecule has 1 fully saturated rings. The minimum atomic E-state index is -0.625. The average molecular weight is 317 g/mol. The second kappa shape index (κ2) is 5.59. The van der Waals surface area contributed by atoms with Gasteiger partial charge >= 0.3 is 12.1 Å². The van der Waals surface area contributed by atoms with Crippen LogP contribution in [-0.2, 0) is 11.2 Å². The van der Waals surface area contributed by atoms with Crippen LogP contribution in [-0.4, -0.2) is 46.5 Å². The number of rotatable bonds is 3. The third-order valence-electron chi connectivity index (χ3n) is 3.41. The lowest BCUT2D eigenvalue weighted by Gasteiger charge is -2.16. The first-order valence-electron chi connectivity index (χ1n) is 7.03. The highest BCUT2D eigenvalue weighted by Gasteiger charge is 2.34. The zero-order valence-electron chi connectivity index (χ0n) is 12.6. The first kappa shape index (κ1) is 14.8. The van der Waals surface area contributed by atoms with E-state index in [4.69, 9.17) is 4.42 Å². The number of imide groups is 1. The van der Waals surface area contributed by atoms with Crippen molar-refractivity contribution in [3.8, 4) is 0 Å². The van der Waals surface area contributed by atoms with Gasteiger partial charge in [0.2, 0.25) is 0 Å². The standard InChI is InChI=1S/C14H15N5O4/c1-3-11-16-9-6-8(4-5-10(9)23-11)15-13(21)17-19-7-12(20)18(2)14(19)22/h4-6H,3,7H2,1-2H3,(H2,15,17,21). The molecule has 2 heterocycles. The number of oxazole rings is 1. The summed E-state index contributed by atoms with van der Waals surface area (Å²) in [6, 6.07) is 3.83. The number of amides is 5. The zero-order valence-corrected chi connectivity index (χ0v) is 12.6. The summed E-state index contributed by atoms with van der Waals surface area (Å²) in [5.41, 5.74) is 4.09. The van der Waals surface area contributed by atoms with Gasteiger partial charge in [0.25, 0.3) is 5.91 Å². The van der Waals surface area contributed by atoms with Gasteiger partial charge in [-0.1, -0.05) is 6.92 Å². The van der Waals surface area contributed by atoms with Gasteiger partial charge in [-0.05, 0) is 18.2 Å². The first-order chi connectivity index (χ1) is 11.0. The summed E-state index contributed by atoms with van der Waals surface area (Å²) >= 11 is 0. The van der Waals surface area contributed by atoms with E-state index < -0.39 is 12.1 Å². The van der Waals surface area contributed by atoms with Crippen LogP contribution in [0.5, 0.6) is 0 Å². The van der Waals surface area contributed by atoms with Crippen molar-refractivity contribution in [2.75, 3.05) is 18.9 Å². The van der Waals surface area contributed by atoms with Crippen LogP contribution >= 0.6 is 0 Å². The third kappa shape index (κ3) is 2.80. The number of hydrazine groups is 1. The van der Waals surface area contributed by atoms with E-state index >= 15 is 0 Å². The number of nitrogens with one attached hydrogen (secondary N) is 2. The number of nitrogens with zero attached hydrogens (tertiary/aromatic N) is 3. The van der Waals surface area contributed by atoms with Crippen molar-refractivity contribution < 1.29 is 18.8 Å². The lowest BCUT2D eigenvalue weighted by atomic mass is 10.3. The van der Waals surface area contributed by atoms with Crippen LogP contribution in [0.2, 0.25) is 0 Å². The number of hydrogen-bond acceptors (Lipinski definition) is 5. The Hall–Kier alpha value is -3.10. The number of benzene rings is 1. The molecule has 23 heavy (non-hydrogen) atoms. The Morgan fingerprint density at radius 2 is 2.17 bits per heavy atom. The molecule has 0 atom stereocenters. The zero-order chi connectivity index (χ0) is 16.6. The molecule has 1 aromatic heterocycles. The number of aromatic nitrogens is 1. The molecule has 5 amide bonds. The van der Waals surface area contributed by atoms with Gasteiger partial charge in [0.15, 0.2) is 11.5 Å². The van der Waals surface area contributed by atoms with E-state index in [1.54, 1.807) is 18.2 Å². The van der Waals surface area contributed by atoms with Crippen molar-refractivity contribution in [1.82, 2.24) is 20.3 Å². The van der Waals surface area contributed by atoms with Crippen molar-refractivity contribution in [3.05, 3.63) is 24.1 Å². The molecule has 1 aliphatic rings. The van der Waals surface area contributed by atoms with Gasteiger partial charge in [0.05, 0.1) is 0 Å². The summed E-state index contributed by atoms with van der Waals surface area (Å²) in [6.45, 7) is 1.74. The summed E-state index contributed by atoms with van der Waals surface area (Å²) in [7, 11) is 1.36. The van der Waals surface area contributed by atoms with E-state index in [0.717, 1.165) is 9.91 Å². The van der Waals surface area contributed by atoms with E-state index in [0.29, 0.717) is 29.1 Å². The monoisotopic (exact) mass is 317 g/mol. The smallest absolute Gasteiger partial charge is 0.345 e. The summed E-state index contributed by atoms with van der Waals surface area (Å²) in [4.78, 5) is 40.2. The van der Waals surface area contributed by atoms with Crippen LogP contribution < -0.4 is 10.7 Å². The molecule has 0 spiro atoms. The summed E-state index contributed by atoms with van der Waals surface area (Å²) in [6.07, 6.45) is 0.677. The summed E-state index contributed by atoms with van der Waals surface area (Å²) in [5, 5.41) is 3.53. The average Bonchev–Trinajstić information content (AvgIpc) is 3.03. The largest absolute Gasteiger partial charge is 0.441 e. The fourth-order valence-electron chi connectivity index (χ4n) is 2.17. The quantitative estimate of drug-likeness (QED) is 0.830. The Balaban J connectivity index is 1.68. The minimum absolute atomic E-state index is 0.190. The van der Waals surface area contributed by atoms with E-state index in [2.05, 4.69) is 15.7 Å². The van der Waals surface area contributed by atoms with E-state index in [-0.39, 0.29) is 12.5 Å². The fraction of sp³-hybridized carbons (Fsp3) is 0.286. The lowest BCUT2D eigenvalue weighted by Crippen LogP contribution is -2.46. The Bertz CT molecular complexity index is 800. The second-order valence-electron chi connectivity index (χ2n) is 5.03. The number of fused-ring (bicyclic) bond motifs is 1. The Morgan fingerprint density at radius 3 is 2.83 bits per heavy atom. The Morgan fingerprint density at radius 1 is 1.39 bits per heavy atom. The van der Waals surface area contributed by atoms with Gasteiger partial charge in [-0.15, -0.1) is 0 Å². The van der Waals surface area contributed by atoms with Gasteiger partial charge < -0.3 is 9.73 Å². The Kier molecular flexibility index (Phi) is 3.61. The molecule has 120 valence electrons. The Labute approximate surface area is 131 Å². The molecule has 0 radical (unpaired) electrons. The maximum atomic E-state index is 11.9. The van der Waals surface area contributed by atoms with Crippen molar-refractivity contribution in [1.29, 1.82) is 0 Å². The molecule has 1 aliphatic heterocycles. The maximum Gasteiger partial charge on any atom is 0.345 e. The van der Waals surface area contributed by atoms with E-state index in [9.17, 15) is 14.4 Å². The van der Waals surface area contributed by atoms with Gasteiger partial charge in [-0.2, -0.15) is 0 Å². The number of anilines is 1. The molecule has 0 bridgehead atoms. The molecule has 2 N–H and O–H groups in total. The van der Waals surface area contributed by atoms with Crippen LogP contribution in [0.3, 0.4) is 0 Å². The maximum absolute atomic E-state index is 11.9. The minimum Gasteiger partial charge on any atom is -0.441 e. The van der Waals surface area contributed by atoms with Crippen LogP contribution in [0.25, 0.3) is 11.1 Å². The number of carbonyl (C=O) groups excluding carboxylic acids is 3. The molecular weight excluding hydrogens is 302 g/mol. The topological polar surface area (TPSA) is 108 Å². The molecule has 0 aliphatic carbocycles. The highest BCUT2D eigenvalue weighted by molar-refractivity contribution is 6.03. The molecule has 1 aromatic carbocycles. The van der Waals surface area contributed by atoms with Gasteiger partial charge in [0.1, 0.15) is 12.1 Å². The normalized spacial score (nSPS) is 14.7. The van der Waals surface area contributed by atoms with Crippen LogP contribution in [0.1, 0.15) is 12.8 Å². The molecular formula is C14H15N5O4. The summed E-state index contributed by atoms with van der Waals surface area (Å²) in [5.74, 6) is 0.234. The molecule has 9 nitrogen and oxygen atoms in total. The second-order valence-corrected chi connectivity index (χ2v) is 5.03. The number of urea groups is 2. The first-order valence-corrected chi connectivity index (χ1v) is 7.03. The van der Waals surface area contributed by atoms with Crippen molar-refractivity contribution in [2.45, 2.75) is 13.3 Å². The lowest BCUT2D eigenvalue weighted by molar-refractivity contribution is -0.124. The van der Waals surface area contributed by atoms with Crippen molar-refractivity contribution in [3.63, 3.8) is 0 Å². The molecule has 0 unspecified atom stereocenters. The molecule has 2 aromatic rings. The number of carbonyl (C=O) groups is 3. The highest BCUT2D eigenvalue weighted by atomic mass is 16.3. The molecule has 1 saturated heterocycles. The molecule has 3 rings (SSSR count). The molecule has 9 heteroatoms. The van der Waals surface area contributed by atoms with Crippen molar-refractivity contribution >= 4 is 34.8 Å². The van der Waals surface area contributed by atoms with E-state index in [1.807, 2.05) is 6.92 Å². The summed E-state index contributed by atoms with van der Waals surface area (Å²) < 4.78 is 5.49. The fourth-order valence-corrected chi connectivity index (χ4v) is 2.17. The SMILES string of the molecule is CCc1nc2cc(NC(=O)NN3CC(=O)N(C)C3=O)ccc2o1. The predicted molar refractivity (Wildman–Crippen MR) is 80.4 cm³/mol. The molecule has 0 saturated carbocycles. The van der Waals surface area contributed by atoms with Crippen LogP contribution in [0.4, 0.5) is 15.3 Å². The predicted octanol–water partition coefficient (Wildman–Crippen LogP) is 1.32. The number of hydrogen-bond donors (Lipinski definition) is 2. The highest BCUT2D eigenvalue weighted by Crippen LogP contribution is 2.20. The van der Waals surface area contributed by atoms with Gasteiger partial charge in [-0.25, -0.2) is 25.0 Å². The van der Waals surface area contributed by atoms with Crippen molar-refractivity contribution in [2.24, 2.45) is 0 Å². The van der Waals surface area contributed by atoms with Crippen LogP contribution in [0.15, 0.2) is 22.6 Å². The number of likely N-dealkylation sites (N-methyl/N-ethyl adjacent to an activating group) is 1. The van der Waals surface area contributed by atoms with Crippen LogP contribution in [0, 0.1) is 0 Å². The van der Waals surface area contributed by atoms with Gasteiger partial charge in [0, 0.05) is 19.2 Å². The third-order valence-corrected chi connectivity index (χ3v) is 3.41.